The van der Waals surface area contributed by atoms with Gasteiger partial charge in [-0.3, -0.25) is 4.84 Å². The van der Waals surface area contributed by atoms with Crippen molar-refractivity contribution in [1.29, 1.82) is 0 Å². The molecule has 0 fully saturated rings. The second-order valence-corrected chi connectivity index (χ2v) is 3.53. The van der Waals surface area contributed by atoms with Crippen molar-refractivity contribution in [1.82, 2.24) is 4.47 Å². The molecule has 0 aromatic carbocycles. The van der Waals surface area contributed by atoms with Gasteiger partial charge in [0.2, 0.25) is 0 Å². The van der Waals surface area contributed by atoms with Gasteiger partial charge >= 0.3 is 5.76 Å². The SMILES string of the molecule is CCON(C)S(=O)(=O)C(F)F. The van der Waals surface area contributed by atoms with Crippen molar-refractivity contribution in [2.75, 3.05) is 13.7 Å². The second-order valence-electron chi connectivity index (χ2n) is 1.63. The zero-order valence-corrected chi connectivity index (χ0v) is 6.94. The van der Waals surface area contributed by atoms with E-state index in [1.165, 1.54) is 6.92 Å². The lowest BCUT2D eigenvalue weighted by molar-refractivity contribution is -0.0623. The van der Waals surface area contributed by atoms with E-state index in [4.69, 9.17) is 0 Å². The van der Waals surface area contributed by atoms with Gasteiger partial charge in [0.05, 0.1) is 6.61 Å². The van der Waals surface area contributed by atoms with Gasteiger partial charge in [0, 0.05) is 7.05 Å². The van der Waals surface area contributed by atoms with Gasteiger partial charge in [-0.25, -0.2) is 8.42 Å². The van der Waals surface area contributed by atoms with Gasteiger partial charge in [-0.15, -0.1) is 0 Å². The number of rotatable bonds is 4. The third-order valence-electron chi connectivity index (χ3n) is 0.894. The van der Waals surface area contributed by atoms with E-state index in [1.54, 1.807) is 0 Å². The first-order valence-corrected chi connectivity index (χ1v) is 4.32. The molecule has 0 aliphatic heterocycles. The summed E-state index contributed by atoms with van der Waals surface area (Å²) in [6, 6.07) is 0. The molecule has 0 atom stereocenters. The van der Waals surface area contributed by atoms with Crippen molar-refractivity contribution in [3.8, 4) is 0 Å². The monoisotopic (exact) mass is 189 g/mol. The third-order valence-corrected chi connectivity index (χ3v) is 2.17. The minimum absolute atomic E-state index is 0.0302. The summed E-state index contributed by atoms with van der Waals surface area (Å²) in [5.74, 6) is -3.43. The van der Waals surface area contributed by atoms with Crippen molar-refractivity contribution < 1.29 is 22.0 Å². The van der Waals surface area contributed by atoms with Gasteiger partial charge in [0.15, 0.2) is 0 Å². The Kier molecular flexibility index (Phi) is 3.84. The van der Waals surface area contributed by atoms with Crippen LogP contribution >= 0.6 is 0 Å². The van der Waals surface area contributed by atoms with Gasteiger partial charge in [-0.2, -0.15) is 8.78 Å². The summed E-state index contributed by atoms with van der Waals surface area (Å²) in [7, 11) is -3.64. The van der Waals surface area contributed by atoms with Crippen LogP contribution in [0.15, 0.2) is 0 Å². The van der Waals surface area contributed by atoms with Gasteiger partial charge in [0.25, 0.3) is 10.0 Å². The minimum atomic E-state index is -4.56. The fraction of sp³-hybridized carbons (Fsp3) is 1.00. The molecule has 0 aromatic rings. The fourth-order valence-electron chi connectivity index (χ4n) is 0.367. The smallest absolute Gasteiger partial charge is 0.285 e. The van der Waals surface area contributed by atoms with E-state index >= 15 is 0 Å². The quantitative estimate of drug-likeness (QED) is 0.602. The molecule has 0 aliphatic rings. The Balaban J connectivity index is 4.32. The maximum Gasteiger partial charge on any atom is 0.352 e. The van der Waals surface area contributed by atoms with E-state index in [-0.39, 0.29) is 11.1 Å². The Labute approximate surface area is 63.8 Å². The molecule has 0 bridgehead atoms. The largest absolute Gasteiger partial charge is 0.352 e. The van der Waals surface area contributed by atoms with Gasteiger partial charge in [-0.05, 0) is 6.92 Å². The Morgan fingerprint density at radius 3 is 2.27 bits per heavy atom. The molecule has 0 heterocycles. The first-order valence-electron chi connectivity index (χ1n) is 2.81. The van der Waals surface area contributed by atoms with Crippen molar-refractivity contribution in [3.63, 3.8) is 0 Å². The van der Waals surface area contributed by atoms with Gasteiger partial charge in [0.1, 0.15) is 0 Å². The van der Waals surface area contributed by atoms with Crippen LogP contribution in [-0.2, 0) is 14.9 Å². The molecule has 0 saturated carbocycles. The van der Waals surface area contributed by atoms with Crippen LogP contribution in [0, 0.1) is 0 Å². The molecule has 0 unspecified atom stereocenters. The number of hydrogen-bond donors (Lipinski definition) is 0. The van der Waals surface area contributed by atoms with Crippen molar-refractivity contribution in [3.05, 3.63) is 0 Å². The Hall–Kier alpha value is -0.270. The van der Waals surface area contributed by atoms with Crippen molar-refractivity contribution >= 4 is 10.0 Å². The normalized spacial score (nSPS) is 12.9. The van der Waals surface area contributed by atoms with Crippen LogP contribution in [0.5, 0.6) is 0 Å². The second kappa shape index (κ2) is 3.93. The van der Waals surface area contributed by atoms with E-state index < -0.39 is 15.8 Å². The highest BCUT2D eigenvalue weighted by Crippen LogP contribution is 2.09. The van der Waals surface area contributed by atoms with Crippen LogP contribution in [0.4, 0.5) is 8.78 Å². The highest BCUT2D eigenvalue weighted by Gasteiger charge is 2.29. The topological polar surface area (TPSA) is 46.6 Å². The number of halogens is 2. The third kappa shape index (κ3) is 2.68. The highest BCUT2D eigenvalue weighted by molar-refractivity contribution is 7.89. The lowest BCUT2D eigenvalue weighted by atomic mass is 10.9. The molecule has 68 valence electrons. The van der Waals surface area contributed by atoms with E-state index in [9.17, 15) is 17.2 Å². The summed E-state index contributed by atoms with van der Waals surface area (Å²) in [4.78, 5) is 4.33. The number of sulfonamides is 1. The summed E-state index contributed by atoms with van der Waals surface area (Å²) in [6.07, 6.45) is 0. The zero-order valence-electron chi connectivity index (χ0n) is 6.12. The van der Waals surface area contributed by atoms with Gasteiger partial charge in [-0.1, -0.05) is 4.47 Å². The molecule has 11 heavy (non-hydrogen) atoms. The van der Waals surface area contributed by atoms with Crippen LogP contribution < -0.4 is 0 Å². The van der Waals surface area contributed by atoms with Gasteiger partial charge < -0.3 is 0 Å². The predicted octanol–water partition coefficient (Wildman–Crippen LogP) is 0.422. The molecular weight excluding hydrogens is 180 g/mol. The molecule has 7 heteroatoms. The summed E-state index contributed by atoms with van der Waals surface area (Å²) in [6.45, 7) is 1.53. The lowest BCUT2D eigenvalue weighted by Gasteiger charge is -2.14. The van der Waals surface area contributed by atoms with Crippen LogP contribution in [0.1, 0.15) is 6.92 Å². The van der Waals surface area contributed by atoms with E-state index in [2.05, 4.69) is 4.84 Å². The van der Waals surface area contributed by atoms with E-state index in [0.29, 0.717) is 0 Å². The Morgan fingerprint density at radius 2 is 2.00 bits per heavy atom. The summed E-state index contributed by atoms with van der Waals surface area (Å²) < 4.78 is 44.5. The summed E-state index contributed by atoms with van der Waals surface area (Å²) in [5.41, 5.74) is 0. The van der Waals surface area contributed by atoms with Crippen molar-refractivity contribution in [2.24, 2.45) is 0 Å². The Morgan fingerprint density at radius 1 is 1.55 bits per heavy atom. The molecule has 0 rings (SSSR count). The maximum absolute atomic E-state index is 11.7. The Bertz CT molecular complexity index is 203. The number of hydrogen-bond acceptors (Lipinski definition) is 3. The average Bonchev–Trinajstić information content (AvgIpc) is 1.88. The van der Waals surface area contributed by atoms with Crippen LogP contribution in [0.3, 0.4) is 0 Å². The molecule has 0 N–H and O–H groups in total. The summed E-state index contributed by atoms with van der Waals surface area (Å²) in [5, 5.41) is 0. The molecule has 0 aromatic heterocycles. The molecule has 0 spiro atoms. The molecule has 0 amide bonds. The van der Waals surface area contributed by atoms with Crippen LogP contribution in [0.25, 0.3) is 0 Å². The first-order chi connectivity index (χ1) is 4.92. The molecule has 0 aliphatic carbocycles. The fourth-order valence-corrected chi connectivity index (χ4v) is 0.844. The lowest BCUT2D eigenvalue weighted by Crippen LogP contribution is -2.31. The highest BCUT2D eigenvalue weighted by atomic mass is 32.2. The molecule has 4 nitrogen and oxygen atoms in total. The number of hydroxylamine groups is 1. The van der Waals surface area contributed by atoms with Crippen LogP contribution in [0.2, 0.25) is 0 Å². The van der Waals surface area contributed by atoms with E-state index in [0.717, 1.165) is 7.05 Å². The number of nitrogens with zero attached hydrogens (tertiary/aromatic N) is 1. The summed E-state index contributed by atoms with van der Waals surface area (Å²) >= 11 is 0. The molecule has 0 radical (unpaired) electrons. The minimum Gasteiger partial charge on any atom is -0.285 e. The molecular formula is C4H9F2NO3S. The standard InChI is InChI=1S/C4H9F2NO3S/c1-3-10-7(2)11(8,9)4(5)6/h4H,3H2,1-2H3. The maximum atomic E-state index is 11.7. The number of alkyl halides is 2. The van der Waals surface area contributed by atoms with Crippen LogP contribution in [-0.4, -0.2) is 32.3 Å². The molecule has 0 saturated heterocycles. The van der Waals surface area contributed by atoms with Crippen molar-refractivity contribution in [2.45, 2.75) is 12.7 Å². The van der Waals surface area contributed by atoms with E-state index in [1.807, 2.05) is 0 Å². The predicted molar refractivity (Wildman–Crippen MR) is 34.3 cm³/mol. The zero-order chi connectivity index (χ0) is 9.07. The first kappa shape index (κ1) is 10.7. The average molecular weight is 189 g/mol.